The fraction of sp³-hybridized carbons (Fsp3) is 0.429. The summed E-state index contributed by atoms with van der Waals surface area (Å²) < 4.78 is 0. The zero-order chi connectivity index (χ0) is 10.6. The molecule has 0 fully saturated rings. The molecule has 1 rings (SSSR count). The molecule has 1 aromatic heterocycles. The van der Waals surface area contributed by atoms with Crippen molar-refractivity contribution >= 4 is 17.8 Å². The van der Waals surface area contributed by atoms with Crippen LogP contribution in [0.1, 0.15) is 0 Å². The van der Waals surface area contributed by atoms with Gasteiger partial charge in [0.05, 0.1) is 0 Å². The number of nitrogens with one attached hydrogen (secondary N) is 1. The second-order valence-electron chi connectivity index (χ2n) is 2.61. The molecule has 8 heteroatoms. The molecule has 0 radical (unpaired) electrons. The van der Waals surface area contributed by atoms with E-state index < -0.39 is 0 Å². The molecule has 0 aliphatic heterocycles. The fourth-order valence-corrected chi connectivity index (χ4v) is 0.760. The molecule has 0 saturated heterocycles. The van der Waals surface area contributed by atoms with Gasteiger partial charge in [-0.3, -0.25) is 5.32 Å². The van der Waals surface area contributed by atoms with Crippen molar-refractivity contribution < 1.29 is 21.1 Å². The van der Waals surface area contributed by atoms with Crippen LogP contribution in [-0.4, -0.2) is 36.1 Å². The third-order valence-electron chi connectivity index (χ3n) is 1.38. The van der Waals surface area contributed by atoms with Gasteiger partial charge in [-0.15, -0.1) is 0 Å². The maximum Gasteiger partial charge on any atom is 0.182 e. The Bertz CT molecular complexity index is 359. The maximum atomic E-state index is 8.41. The van der Waals surface area contributed by atoms with Crippen molar-refractivity contribution in [2.75, 3.05) is 31.4 Å². The Labute approximate surface area is 102 Å². The van der Waals surface area contributed by atoms with Crippen molar-refractivity contribution in [3.8, 4) is 6.19 Å². The fourth-order valence-electron chi connectivity index (χ4n) is 0.760. The van der Waals surface area contributed by atoms with Crippen LogP contribution in [0.3, 0.4) is 0 Å². The summed E-state index contributed by atoms with van der Waals surface area (Å²) in [7, 11) is 5.17. The molecule has 0 aromatic carbocycles. The minimum atomic E-state index is 0. The molecule has 0 aliphatic carbocycles. The van der Waals surface area contributed by atoms with Crippen molar-refractivity contribution in [1.29, 1.82) is 5.26 Å². The molecule has 0 bridgehead atoms. The standard InChI is InChI=1S/C7H10N7.W/c1-9-5-11-6(10-4-8)13-7(12-5)14(2)3;/h1-3H3,(H-,9,10,11,12,13);/q-1;. The molecule has 1 N–H and O–H groups in total. The van der Waals surface area contributed by atoms with Gasteiger partial charge in [-0.05, 0) is 7.05 Å². The van der Waals surface area contributed by atoms with E-state index in [0.29, 0.717) is 11.9 Å². The van der Waals surface area contributed by atoms with E-state index in [1.54, 1.807) is 32.2 Å². The van der Waals surface area contributed by atoms with Crippen LogP contribution in [0.5, 0.6) is 0 Å². The van der Waals surface area contributed by atoms with Crippen LogP contribution in [0.4, 0.5) is 17.8 Å². The van der Waals surface area contributed by atoms with Crippen LogP contribution in [0, 0.1) is 11.5 Å². The van der Waals surface area contributed by atoms with E-state index >= 15 is 0 Å². The zero-order valence-electron chi connectivity index (χ0n) is 8.59. The van der Waals surface area contributed by atoms with Gasteiger partial charge in [0, 0.05) is 41.1 Å². The van der Waals surface area contributed by atoms with Crippen molar-refractivity contribution in [3.63, 3.8) is 0 Å². The molecular weight excluding hydrogens is 366 g/mol. The number of nitrogens with zero attached hydrogens (tertiary/aromatic N) is 6. The van der Waals surface area contributed by atoms with Crippen LogP contribution in [0.25, 0.3) is 5.32 Å². The van der Waals surface area contributed by atoms with E-state index in [0.717, 1.165) is 0 Å². The van der Waals surface area contributed by atoms with Crippen molar-refractivity contribution in [3.05, 3.63) is 5.32 Å². The van der Waals surface area contributed by atoms with E-state index in [1.165, 1.54) is 0 Å². The van der Waals surface area contributed by atoms with E-state index in [-0.39, 0.29) is 27.0 Å². The number of anilines is 2. The SMILES string of the molecule is C[N-]c1nc(NC#N)nc(N(C)C)n1.[W]. The van der Waals surface area contributed by atoms with Gasteiger partial charge < -0.3 is 20.2 Å². The Kier molecular flexibility index (Phi) is 5.57. The molecule has 0 atom stereocenters. The molecule has 0 spiro atoms. The molecule has 15 heavy (non-hydrogen) atoms. The van der Waals surface area contributed by atoms with Crippen LogP contribution in [0.15, 0.2) is 0 Å². The molecule has 80 valence electrons. The summed E-state index contributed by atoms with van der Waals surface area (Å²) in [6.07, 6.45) is 1.74. The van der Waals surface area contributed by atoms with E-state index in [2.05, 4.69) is 25.6 Å². The first kappa shape index (κ1) is 13.6. The normalized spacial score (nSPS) is 8.40. The molecule has 0 unspecified atom stereocenters. The van der Waals surface area contributed by atoms with Crippen LogP contribution in [0.2, 0.25) is 0 Å². The Hall–Kier alpha value is -1.41. The first-order chi connectivity index (χ1) is 6.67. The number of rotatable bonds is 3. The second-order valence-corrected chi connectivity index (χ2v) is 2.61. The van der Waals surface area contributed by atoms with Crippen molar-refractivity contribution in [2.45, 2.75) is 0 Å². The molecule has 7 nitrogen and oxygen atoms in total. The van der Waals surface area contributed by atoms with Gasteiger partial charge in [-0.1, -0.05) is 0 Å². The van der Waals surface area contributed by atoms with E-state index in [4.69, 9.17) is 5.26 Å². The predicted octanol–water partition coefficient (Wildman–Crippen LogP) is 0.463. The monoisotopic (exact) mass is 376 g/mol. The Morgan fingerprint density at radius 3 is 2.47 bits per heavy atom. The molecular formula is C7H10N7W-. The van der Waals surface area contributed by atoms with Gasteiger partial charge in [0.1, 0.15) is 0 Å². The summed E-state index contributed by atoms with van der Waals surface area (Å²) >= 11 is 0. The minimum absolute atomic E-state index is 0. The number of aromatic nitrogens is 3. The summed E-state index contributed by atoms with van der Waals surface area (Å²) in [4.78, 5) is 13.6. The van der Waals surface area contributed by atoms with Crippen LogP contribution >= 0.6 is 0 Å². The minimum Gasteiger partial charge on any atom is -0.397 e. The van der Waals surface area contributed by atoms with E-state index in [1.807, 2.05) is 0 Å². The van der Waals surface area contributed by atoms with Crippen molar-refractivity contribution in [2.24, 2.45) is 0 Å². The van der Waals surface area contributed by atoms with Gasteiger partial charge >= 0.3 is 0 Å². The van der Waals surface area contributed by atoms with Crippen LogP contribution in [-0.2, 0) is 21.1 Å². The van der Waals surface area contributed by atoms with Crippen molar-refractivity contribution in [1.82, 2.24) is 15.0 Å². The van der Waals surface area contributed by atoms with Crippen LogP contribution < -0.4 is 10.2 Å². The summed E-state index contributed by atoms with van der Waals surface area (Å²) in [6.45, 7) is 0. The van der Waals surface area contributed by atoms with E-state index in [9.17, 15) is 0 Å². The number of hydrogen-bond donors (Lipinski definition) is 1. The largest absolute Gasteiger partial charge is 0.397 e. The molecule has 0 saturated carbocycles. The van der Waals surface area contributed by atoms with Gasteiger partial charge in [-0.2, -0.15) is 5.26 Å². The summed E-state index contributed by atoms with van der Waals surface area (Å²) in [5, 5.41) is 14.6. The molecule has 0 amide bonds. The average Bonchev–Trinajstić information content (AvgIpc) is 2.17. The van der Waals surface area contributed by atoms with Gasteiger partial charge in [0.25, 0.3) is 0 Å². The first-order valence-corrected chi connectivity index (χ1v) is 3.85. The molecule has 1 aromatic rings. The van der Waals surface area contributed by atoms with Gasteiger partial charge in [0.15, 0.2) is 18.1 Å². The Morgan fingerprint density at radius 2 is 2.00 bits per heavy atom. The predicted molar refractivity (Wildman–Crippen MR) is 52.3 cm³/mol. The maximum absolute atomic E-state index is 8.41. The zero-order valence-corrected chi connectivity index (χ0v) is 11.5. The molecule has 1 heterocycles. The third kappa shape index (κ3) is 3.68. The van der Waals surface area contributed by atoms with Gasteiger partial charge in [-0.25, -0.2) is 4.98 Å². The molecule has 0 aliphatic rings. The Balaban J connectivity index is 0.00000196. The number of nitriles is 1. The van der Waals surface area contributed by atoms with Gasteiger partial charge in [0.2, 0.25) is 0 Å². The smallest absolute Gasteiger partial charge is 0.182 e. The second kappa shape index (κ2) is 6.14. The Morgan fingerprint density at radius 1 is 1.33 bits per heavy atom. The number of hydrogen-bond acceptors (Lipinski definition) is 6. The topological polar surface area (TPSA) is 91.8 Å². The quantitative estimate of drug-likeness (QED) is 0.609. The summed E-state index contributed by atoms with van der Waals surface area (Å²) in [5.41, 5.74) is 0. The summed E-state index contributed by atoms with van der Waals surface area (Å²) in [5.74, 6) is 0.951. The third-order valence-corrected chi connectivity index (χ3v) is 1.38. The first-order valence-electron chi connectivity index (χ1n) is 3.85. The average molecular weight is 376 g/mol. The summed E-state index contributed by atoms with van der Waals surface area (Å²) in [6, 6.07) is 0.